The fourth-order valence-electron chi connectivity index (χ4n) is 2.25. The second kappa shape index (κ2) is 6.99. The van der Waals surface area contributed by atoms with Gasteiger partial charge in [0.05, 0.1) is 10.5 Å². The van der Waals surface area contributed by atoms with E-state index in [1.54, 1.807) is 0 Å². The maximum absolute atomic E-state index is 14.4. The number of benzene rings is 2. The second-order valence-corrected chi connectivity index (χ2v) is 6.48. The molecule has 0 aliphatic rings. The molecule has 0 saturated heterocycles. The summed E-state index contributed by atoms with van der Waals surface area (Å²) in [6.07, 6.45) is 0. The molecule has 0 aliphatic heterocycles. The minimum Gasteiger partial charge on any atom is -0.306 e. The van der Waals surface area contributed by atoms with Crippen molar-refractivity contribution in [3.05, 3.63) is 67.6 Å². The van der Waals surface area contributed by atoms with Crippen LogP contribution in [-0.4, -0.2) is 6.54 Å². The fraction of sp³-hybridized carbons (Fsp3) is 0.250. The zero-order valence-corrected chi connectivity index (χ0v) is 14.9. The summed E-state index contributed by atoms with van der Waals surface area (Å²) in [6.45, 7) is 4.47. The van der Waals surface area contributed by atoms with Crippen molar-refractivity contribution in [1.82, 2.24) is 5.32 Å². The van der Waals surface area contributed by atoms with Crippen LogP contribution in [0.4, 0.5) is 8.78 Å². The van der Waals surface area contributed by atoms with Crippen LogP contribution in [0.5, 0.6) is 0 Å². The lowest BCUT2D eigenvalue weighted by Crippen LogP contribution is -2.24. The Hall–Kier alpha value is -0.780. The number of aryl methyl sites for hydroxylation is 1. The summed E-state index contributed by atoms with van der Waals surface area (Å²) in [4.78, 5) is 0. The molecule has 1 atom stereocenters. The van der Waals surface area contributed by atoms with Gasteiger partial charge in [-0.25, -0.2) is 8.78 Å². The zero-order valence-electron chi connectivity index (χ0n) is 11.7. The Labute approximate surface area is 140 Å². The SMILES string of the molecule is CCNC(c1ccc(C)cc1Br)c1c(F)ccc(Br)c1F. The first-order valence-corrected chi connectivity index (χ1v) is 8.17. The lowest BCUT2D eigenvalue weighted by molar-refractivity contribution is 0.506. The molecule has 0 saturated carbocycles. The largest absolute Gasteiger partial charge is 0.306 e. The van der Waals surface area contributed by atoms with Crippen LogP contribution in [0, 0.1) is 18.6 Å². The highest BCUT2D eigenvalue weighted by Crippen LogP contribution is 2.34. The molecule has 0 amide bonds. The summed E-state index contributed by atoms with van der Waals surface area (Å²) in [5.41, 5.74) is 1.91. The highest BCUT2D eigenvalue weighted by molar-refractivity contribution is 9.10. The lowest BCUT2D eigenvalue weighted by atomic mass is 9.96. The molecule has 1 nitrogen and oxygen atoms in total. The van der Waals surface area contributed by atoms with Gasteiger partial charge in [-0.05, 0) is 58.7 Å². The van der Waals surface area contributed by atoms with Gasteiger partial charge in [0.25, 0.3) is 0 Å². The monoisotopic (exact) mass is 417 g/mol. The van der Waals surface area contributed by atoms with E-state index in [2.05, 4.69) is 37.2 Å². The second-order valence-electron chi connectivity index (χ2n) is 4.77. The molecular weight excluding hydrogens is 404 g/mol. The van der Waals surface area contributed by atoms with Crippen molar-refractivity contribution in [2.24, 2.45) is 0 Å². The summed E-state index contributed by atoms with van der Waals surface area (Å²) < 4.78 is 29.7. The predicted octanol–water partition coefficient (Wildman–Crippen LogP) is 5.50. The molecular formula is C16H15Br2F2N. The first-order valence-electron chi connectivity index (χ1n) is 6.58. The van der Waals surface area contributed by atoms with Crippen molar-refractivity contribution in [1.29, 1.82) is 0 Å². The minimum atomic E-state index is -0.576. The summed E-state index contributed by atoms with van der Waals surface area (Å²) in [5.74, 6) is -1.14. The Kier molecular flexibility index (Phi) is 5.52. The Morgan fingerprint density at radius 2 is 1.81 bits per heavy atom. The molecule has 0 aliphatic carbocycles. The molecule has 1 N–H and O–H groups in total. The van der Waals surface area contributed by atoms with E-state index in [9.17, 15) is 8.78 Å². The summed E-state index contributed by atoms with van der Waals surface area (Å²) in [5, 5.41) is 3.15. The first-order chi connectivity index (χ1) is 9.95. The minimum absolute atomic E-state index is 0.0239. The van der Waals surface area contributed by atoms with Gasteiger partial charge >= 0.3 is 0 Å². The molecule has 1 unspecified atom stereocenters. The van der Waals surface area contributed by atoms with Crippen LogP contribution in [-0.2, 0) is 0 Å². The normalized spacial score (nSPS) is 12.5. The molecule has 21 heavy (non-hydrogen) atoms. The van der Waals surface area contributed by atoms with Crippen LogP contribution in [0.25, 0.3) is 0 Å². The van der Waals surface area contributed by atoms with E-state index in [-0.39, 0.29) is 10.0 Å². The molecule has 0 fully saturated rings. The molecule has 0 radical (unpaired) electrons. The van der Waals surface area contributed by atoms with E-state index in [0.717, 1.165) is 15.6 Å². The maximum Gasteiger partial charge on any atom is 0.145 e. The van der Waals surface area contributed by atoms with Crippen molar-refractivity contribution in [2.45, 2.75) is 19.9 Å². The van der Waals surface area contributed by atoms with Crippen molar-refractivity contribution in [3.8, 4) is 0 Å². The van der Waals surface area contributed by atoms with Gasteiger partial charge in [-0.3, -0.25) is 0 Å². The number of hydrogen-bond donors (Lipinski definition) is 1. The molecule has 0 heterocycles. The zero-order chi connectivity index (χ0) is 15.6. The van der Waals surface area contributed by atoms with E-state index in [4.69, 9.17) is 0 Å². The van der Waals surface area contributed by atoms with Crippen molar-refractivity contribution in [3.63, 3.8) is 0 Å². The predicted molar refractivity (Wildman–Crippen MR) is 88.5 cm³/mol. The van der Waals surface area contributed by atoms with Gasteiger partial charge in [0.15, 0.2) is 0 Å². The van der Waals surface area contributed by atoms with Gasteiger partial charge in [0, 0.05) is 10.0 Å². The molecule has 0 spiro atoms. The van der Waals surface area contributed by atoms with Crippen LogP contribution < -0.4 is 5.32 Å². The first kappa shape index (κ1) is 16.6. The third-order valence-corrected chi connectivity index (χ3v) is 4.54. The highest BCUT2D eigenvalue weighted by atomic mass is 79.9. The standard InChI is InChI=1S/C16H15Br2F2N/c1-3-21-16(10-5-4-9(2)8-12(10)18)14-13(19)7-6-11(17)15(14)20/h4-8,16,21H,3H2,1-2H3. The maximum atomic E-state index is 14.4. The Balaban J connectivity index is 2.61. The molecule has 0 bridgehead atoms. The summed E-state index contributed by atoms with van der Waals surface area (Å²) in [7, 11) is 0. The number of halogens is 4. The van der Waals surface area contributed by atoms with Gasteiger partial charge in [-0.15, -0.1) is 0 Å². The molecule has 2 rings (SSSR count). The highest BCUT2D eigenvalue weighted by Gasteiger charge is 2.24. The molecule has 0 aromatic heterocycles. The van der Waals surface area contributed by atoms with Crippen molar-refractivity contribution in [2.75, 3.05) is 6.54 Å². The van der Waals surface area contributed by atoms with E-state index in [1.165, 1.54) is 12.1 Å². The Bertz CT molecular complexity index is 659. The smallest absolute Gasteiger partial charge is 0.145 e. The Morgan fingerprint density at radius 1 is 1.10 bits per heavy atom. The van der Waals surface area contributed by atoms with Gasteiger partial charge < -0.3 is 5.32 Å². The van der Waals surface area contributed by atoms with Gasteiger partial charge in [-0.1, -0.05) is 35.0 Å². The van der Waals surface area contributed by atoms with Crippen LogP contribution in [0.1, 0.15) is 29.7 Å². The van der Waals surface area contributed by atoms with E-state index >= 15 is 0 Å². The van der Waals surface area contributed by atoms with Gasteiger partial charge in [0.1, 0.15) is 11.6 Å². The molecule has 5 heteroatoms. The molecule has 2 aromatic carbocycles. The third-order valence-electron chi connectivity index (χ3n) is 3.24. The quantitative estimate of drug-likeness (QED) is 0.646. The van der Waals surface area contributed by atoms with Gasteiger partial charge in [0.2, 0.25) is 0 Å². The molecule has 2 aromatic rings. The average molecular weight is 419 g/mol. The number of rotatable bonds is 4. The van der Waals surface area contributed by atoms with Crippen LogP contribution in [0.3, 0.4) is 0 Å². The van der Waals surface area contributed by atoms with Crippen LogP contribution >= 0.6 is 31.9 Å². The summed E-state index contributed by atoms with van der Waals surface area (Å²) >= 11 is 6.61. The number of hydrogen-bond acceptors (Lipinski definition) is 1. The van der Waals surface area contributed by atoms with E-state index < -0.39 is 17.7 Å². The van der Waals surface area contributed by atoms with E-state index in [1.807, 2.05) is 32.0 Å². The lowest BCUT2D eigenvalue weighted by Gasteiger charge is -2.22. The van der Waals surface area contributed by atoms with Crippen molar-refractivity contribution >= 4 is 31.9 Å². The Morgan fingerprint density at radius 3 is 2.43 bits per heavy atom. The average Bonchev–Trinajstić information content (AvgIpc) is 2.43. The van der Waals surface area contributed by atoms with Crippen molar-refractivity contribution < 1.29 is 8.78 Å². The number of nitrogens with one attached hydrogen (secondary N) is 1. The summed E-state index contributed by atoms with van der Waals surface area (Å²) in [6, 6.07) is 7.84. The van der Waals surface area contributed by atoms with E-state index in [0.29, 0.717) is 6.54 Å². The van der Waals surface area contributed by atoms with Gasteiger partial charge in [-0.2, -0.15) is 0 Å². The third kappa shape index (κ3) is 3.52. The van der Waals surface area contributed by atoms with Crippen LogP contribution in [0.15, 0.2) is 39.3 Å². The fourth-order valence-corrected chi connectivity index (χ4v) is 3.31. The topological polar surface area (TPSA) is 12.0 Å². The molecule has 112 valence electrons. The van der Waals surface area contributed by atoms with Crippen LogP contribution in [0.2, 0.25) is 0 Å².